The van der Waals surface area contributed by atoms with E-state index in [0.29, 0.717) is 6.54 Å². The van der Waals surface area contributed by atoms with Gasteiger partial charge < -0.3 is 4.90 Å². The van der Waals surface area contributed by atoms with E-state index >= 15 is 0 Å². The number of aromatic nitrogens is 3. The fourth-order valence-corrected chi connectivity index (χ4v) is 5.58. The lowest BCUT2D eigenvalue weighted by molar-refractivity contribution is -0.118. The summed E-state index contributed by atoms with van der Waals surface area (Å²) in [6.07, 6.45) is 1.53. The van der Waals surface area contributed by atoms with E-state index in [-0.39, 0.29) is 11.2 Å². The number of thioether (sulfide) groups is 1. The first kappa shape index (κ1) is 20.9. The zero-order chi connectivity index (χ0) is 21.3. The molecule has 1 aromatic carbocycles. The zero-order valence-corrected chi connectivity index (χ0v) is 19.4. The minimum absolute atomic E-state index is 0.114. The Morgan fingerprint density at radius 1 is 1.17 bits per heavy atom. The summed E-state index contributed by atoms with van der Waals surface area (Å²) in [6.45, 7) is 8.85. The molecule has 0 aliphatic rings. The first-order valence-corrected chi connectivity index (χ1v) is 12.1. The minimum Gasteiger partial charge on any atom is -0.312 e. The van der Waals surface area contributed by atoms with Crippen LogP contribution >= 0.6 is 23.1 Å². The molecular formula is C23H26N4OS2. The van der Waals surface area contributed by atoms with Crippen LogP contribution in [0.5, 0.6) is 0 Å². The number of thiophene rings is 1. The molecule has 0 N–H and O–H groups in total. The third-order valence-electron chi connectivity index (χ3n) is 5.27. The topological polar surface area (TPSA) is 50.5 Å². The fraction of sp³-hybridized carbons (Fsp3) is 0.348. The van der Waals surface area contributed by atoms with Crippen LogP contribution in [0.2, 0.25) is 0 Å². The molecule has 0 fully saturated rings. The molecule has 3 aromatic heterocycles. The highest BCUT2D eigenvalue weighted by molar-refractivity contribution is 8.00. The lowest BCUT2D eigenvalue weighted by Crippen LogP contribution is -2.37. The lowest BCUT2D eigenvalue weighted by Gasteiger charge is -2.26. The van der Waals surface area contributed by atoms with E-state index in [9.17, 15) is 4.79 Å². The van der Waals surface area contributed by atoms with Crippen molar-refractivity contribution < 1.29 is 4.79 Å². The molecule has 0 saturated carbocycles. The zero-order valence-electron chi connectivity index (χ0n) is 17.8. The Bertz CT molecular complexity index is 1200. The number of carbonyl (C=O) groups is 1. The van der Waals surface area contributed by atoms with E-state index in [4.69, 9.17) is 0 Å². The molecule has 5 nitrogen and oxygen atoms in total. The van der Waals surface area contributed by atoms with Gasteiger partial charge in [0.1, 0.15) is 10.9 Å². The third-order valence-corrected chi connectivity index (χ3v) is 7.46. The summed E-state index contributed by atoms with van der Waals surface area (Å²) in [4.78, 5) is 15.3. The second-order valence-corrected chi connectivity index (χ2v) is 9.39. The first-order chi connectivity index (χ1) is 14.6. The van der Waals surface area contributed by atoms with Crippen LogP contribution < -0.4 is 4.90 Å². The minimum atomic E-state index is -0.219. The van der Waals surface area contributed by atoms with E-state index < -0.39 is 0 Å². The van der Waals surface area contributed by atoms with Crippen molar-refractivity contribution in [3.05, 3.63) is 53.2 Å². The van der Waals surface area contributed by atoms with Gasteiger partial charge in [-0.2, -0.15) is 0 Å². The van der Waals surface area contributed by atoms with Crippen molar-refractivity contribution in [1.82, 2.24) is 14.6 Å². The average Bonchev–Trinajstić information content (AvgIpc) is 3.34. The van der Waals surface area contributed by atoms with Gasteiger partial charge in [0.25, 0.3) is 0 Å². The molecule has 4 aromatic rings. The predicted octanol–water partition coefficient (Wildman–Crippen LogP) is 5.74. The van der Waals surface area contributed by atoms with Gasteiger partial charge in [-0.1, -0.05) is 37.7 Å². The molecule has 0 saturated heterocycles. The smallest absolute Gasteiger partial charge is 0.240 e. The number of hydrogen-bond acceptors (Lipinski definition) is 5. The molecule has 0 aliphatic carbocycles. The Balaban J connectivity index is 1.69. The van der Waals surface area contributed by atoms with Crippen LogP contribution in [0.15, 0.2) is 46.8 Å². The molecule has 0 radical (unpaired) electrons. The van der Waals surface area contributed by atoms with E-state index in [1.807, 2.05) is 36.9 Å². The molecule has 7 heteroatoms. The van der Waals surface area contributed by atoms with Crippen molar-refractivity contribution in [1.29, 1.82) is 0 Å². The van der Waals surface area contributed by atoms with Crippen molar-refractivity contribution in [3.8, 4) is 0 Å². The summed E-state index contributed by atoms with van der Waals surface area (Å²) in [5.41, 5.74) is 4.30. The number of nitrogens with zero attached hydrogens (tertiary/aromatic N) is 4. The predicted molar refractivity (Wildman–Crippen MR) is 127 cm³/mol. The van der Waals surface area contributed by atoms with Crippen molar-refractivity contribution in [3.63, 3.8) is 0 Å². The summed E-state index contributed by atoms with van der Waals surface area (Å²) in [5.74, 6) is 1.06. The molecule has 1 amide bonds. The number of hydrogen-bond donors (Lipinski definition) is 0. The molecule has 30 heavy (non-hydrogen) atoms. The van der Waals surface area contributed by atoms with Crippen molar-refractivity contribution in [2.45, 2.75) is 50.8 Å². The van der Waals surface area contributed by atoms with Gasteiger partial charge in [0.05, 0.1) is 21.0 Å². The second kappa shape index (κ2) is 8.78. The van der Waals surface area contributed by atoms with Crippen molar-refractivity contribution in [2.75, 3.05) is 11.4 Å². The Morgan fingerprint density at radius 2 is 2.00 bits per heavy atom. The molecule has 0 aliphatic heterocycles. The molecule has 156 valence electrons. The summed E-state index contributed by atoms with van der Waals surface area (Å²) < 4.78 is 3.41. The molecule has 1 atom stereocenters. The van der Waals surface area contributed by atoms with Gasteiger partial charge in [0.15, 0.2) is 0 Å². The maximum atomic E-state index is 13.5. The van der Waals surface area contributed by atoms with Crippen molar-refractivity contribution in [2.24, 2.45) is 0 Å². The van der Waals surface area contributed by atoms with Crippen LogP contribution in [0.1, 0.15) is 38.6 Å². The summed E-state index contributed by atoms with van der Waals surface area (Å²) in [5, 5.41) is 11.7. The number of aryl methyl sites for hydroxylation is 2. The Labute approximate surface area is 185 Å². The van der Waals surface area contributed by atoms with Crippen LogP contribution in [0.3, 0.4) is 0 Å². The number of benzene rings is 1. The van der Waals surface area contributed by atoms with E-state index in [0.717, 1.165) is 46.0 Å². The van der Waals surface area contributed by atoms with Crippen LogP contribution in [0, 0.1) is 6.92 Å². The molecule has 0 bridgehead atoms. The van der Waals surface area contributed by atoms with Crippen LogP contribution in [-0.4, -0.2) is 32.3 Å². The van der Waals surface area contributed by atoms with E-state index in [1.165, 1.54) is 16.5 Å². The van der Waals surface area contributed by atoms with Gasteiger partial charge in [-0.15, -0.1) is 21.5 Å². The number of amides is 1. The van der Waals surface area contributed by atoms with Gasteiger partial charge in [-0.25, -0.2) is 0 Å². The molecule has 0 unspecified atom stereocenters. The Hall–Kier alpha value is -2.38. The maximum absolute atomic E-state index is 13.5. The quantitative estimate of drug-likeness (QED) is 0.345. The number of carbonyl (C=O) groups excluding carboxylic acids is 1. The van der Waals surface area contributed by atoms with Crippen LogP contribution in [0.4, 0.5) is 5.69 Å². The van der Waals surface area contributed by atoms with E-state index in [2.05, 4.69) is 52.0 Å². The Morgan fingerprint density at radius 3 is 2.70 bits per heavy atom. The average molecular weight is 439 g/mol. The maximum Gasteiger partial charge on any atom is 0.240 e. The highest BCUT2D eigenvalue weighted by Gasteiger charge is 2.26. The summed E-state index contributed by atoms with van der Waals surface area (Å²) in [7, 11) is 0. The highest BCUT2D eigenvalue weighted by atomic mass is 32.2. The standard InChI is InChI=1S/C23H26N4OS2/c1-5-19(23(28)26(7-3)16-10-8-9-15(4)13-16)30-22-18-14-20-17(11-12-29-20)27(18)21(6-2)24-25-22/h8-14,19H,5-7H2,1-4H3/t19-/m0/s1. The van der Waals surface area contributed by atoms with Gasteiger partial charge >= 0.3 is 0 Å². The normalized spacial score (nSPS) is 12.5. The highest BCUT2D eigenvalue weighted by Crippen LogP contribution is 2.34. The number of rotatable bonds is 7. The molecule has 4 rings (SSSR count). The molecule has 0 spiro atoms. The molecule has 3 heterocycles. The van der Waals surface area contributed by atoms with Gasteiger partial charge in [-0.05, 0) is 55.5 Å². The van der Waals surface area contributed by atoms with Gasteiger partial charge in [0, 0.05) is 18.7 Å². The van der Waals surface area contributed by atoms with Gasteiger partial charge in [0.2, 0.25) is 5.91 Å². The van der Waals surface area contributed by atoms with Crippen LogP contribution in [0.25, 0.3) is 15.7 Å². The first-order valence-electron chi connectivity index (χ1n) is 10.4. The Kier molecular flexibility index (Phi) is 6.11. The third kappa shape index (κ3) is 3.72. The van der Waals surface area contributed by atoms with Crippen molar-refractivity contribution >= 4 is 50.4 Å². The van der Waals surface area contributed by atoms with E-state index in [1.54, 1.807) is 11.3 Å². The molecular weight excluding hydrogens is 412 g/mol. The fourth-order valence-electron chi connectivity index (χ4n) is 3.75. The number of fused-ring (bicyclic) bond motifs is 3. The van der Waals surface area contributed by atoms with Crippen LogP contribution in [-0.2, 0) is 11.2 Å². The lowest BCUT2D eigenvalue weighted by atomic mass is 10.2. The SMILES string of the molecule is CCc1nnc(S[C@@H](CC)C(=O)N(CC)c2cccc(C)c2)c2cc3sccc3n12. The van der Waals surface area contributed by atoms with Gasteiger partial charge in [-0.3, -0.25) is 9.20 Å². The summed E-state index contributed by atoms with van der Waals surface area (Å²) >= 11 is 3.24. The largest absolute Gasteiger partial charge is 0.312 e. The number of anilines is 1. The summed E-state index contributed by atoms with van der Waals surface area (Å²) in [6, 6.07) is 12.4. The monoisotopic (exact) mass is 438 g/mol. The second-order valence-electron chi connectivity index (χ2n) is 7.25.